The Morgan fingerprint density at radius 1 is 1.00 bits per heavy atom. The van der Waals surface area contributed by atoms with Gasteiger partial charge in [-0.15, -0.1) is 0 Å². The fourth-order valence-electron chi connectivity index (χ4n) is 5.05. The summed E-state index contributed by atoms with van der Waals surface area (Å²) in [6.07, 6.45) is 1.92. The summed E-state index contributed by atoms with van der Waals surface area (Å²) in [6, 6.07) is 10.9. The van der Waals surface area contributed by atoms with E-state index in [1.807, 2.05) is 43.7 Å². The molecule has 0 bridgehead atoms. The number of ether oxygens (including phenoxy) is 1. The standard InChI is InChI=1S/C27H35N5O4S/c1-19-4-5-22(30-10-8-28-9-11-30)16-25(19)29-27(33)21(3)32-18-20(2)24-17-23(6-7-26(24)32)37(34,35)31-12-14-36-15-13-31/h4-7,16-18,21,28H,8-15H2,1-3H3,(H,29,33). The van der Waals surface area contributed by atoms with Crippen LogP contribution in [0.5, 0.6) is 0 Å². The van der Waals surface area contributed by atoms with E-state index in [9.17, 15) is 13.2 Å². The lowest BCUT2D eigenvalue weighted by molar-refractivity contribution is -0.118. The minimum atomic E-state index is -3.60. The third-order valence-electron chi connectivity index (χ3n) is 7.37. The molecule has 10 heteroatoms. The van der Waals surface area contributed by atoms with E-state index in [2.05, 4.69) is 21.6 Å². The number of amides is 1. The largest absolute Gasteiger partial charge is 0.379 e. The second kappa shape index (κ2) is 10.4. The number of hydrogen-bond donors (Lipinski definition) is 2. The molecule has 2 aliphatic heterocycles. The van der Waals surface area contributed by atoms with Crippen molar-refractivity contribution in [3.05, 3.63) is 53.7 Å². The average molecular weight is 526 g/mol. The molecule has 2 N–H and O–H groups in total. The molecule has 5 rings (SSSR count). The summed E-state index contributed by atoms with van der Waals surface area (Å²) in [5.41, 5.74) is 4.66. The summed E-state index contributed by atoms with van der Waals surface area (Å²) in [6.45, 7) is 11.1. The lowest BCUT2D eigenvalue weighted by Gasteiger charge is -2.30. The molecule has 198 valence electrons. The quantitative estimate of drug-likeness (QED) is 0.514. The van der Waals surface area contributed by atoms with E-state index in [-0.39, 0.29) is 10.8 Å². The van der Waals surface area contributed by atoms with E-state index >= 15 is 0 Å². The van der Waals surface area contributed by atoms with Crippen molar-refractivity contribution in [1.29, 1.82) is 0 Å². The van der Waals surface area contributed by atoms with Crippen molar-refractivity contribution in [2.75, 3.05) is 62.7 Å². The van der Waals surface area contributed by atoms with Gasteiger partial charge in [-0.3, -0.25) is 4.79 Å². The van der Waals surface area contributed by atoms with E-state index in [0.717, 1.165) is 59.6 Å². The molecule has 0 spiro atoms. The number of fused-ring (bicyclic) bond motifs is 1. The van der Waals surface area contributed by atoms with Gasteiger partial charge in [0, 0.05) is 67.7 Å². The van der Waals surface area contributed by atoms with Crippen molar-refractivity contribution >= 4 is 38.2 Å². The minimum absolute atomic E-state index is 0.123. The Kier molecular flexibility index (Phi) is 7.26. The van der Waals surface area contributed by atoms with Gasteiger partial charge in [0.25, 0.3) is 0 Å². The molecule has 0 radical (unpaired) electrons. The first-order chi connectivity index (χ1) is 17.8. The second-order valence-corrected chi connectivity index (χ2v) is 11.8. The Labute approximate surface area is 218 Å². The Morgan fingerprint density at radius 3 is 2.46 bits per heavy atom. The number of hydrogen-bond acceptors (Lipinski definition) is 6. The van der Waals surface area contributed by atoms with Crippen LogP contribution in [0.2, 0.25) is 0 Å². The van der Waals surface area contributed by atoms with E-state index < -0.39 is 16.1 Å². The van der Waals surface area contributed by atoms with Crippen molar-refractivity contribution in [3.8, 4) is 0 Å². The number of carbonyl (C=O) groups excluding carboxylic acids is 1. The van der Waals surface area contributed by atoms with Gasteiger partial charge < -0.3 is 24.8 Å². The zero-order chi connectivity index (χ0) is 26.2. The minimum Gasteiger partial charge on any atom is -0.379 e. The molecule has 0 aliphatic carbocycles. The third-order valence-corrected chi connectivity index (χ3v) is 9.26. The number of aromatic nitrogens is 1. The Bertz CT molecular complexity index is 1410. The van der Waals surface area contributed by atoms with Crippen molar-refractivity contribution in [3.63, 3.8) is 0 Å². The highest BCUT2D eigenvalue weighted by atomic mass is 32.2. The van der Waals surface area contributed by atoms with Gasteiger partial charge >= 0.3 is 0 Å². The number of piperazine rings is 1. The Hall–Kier alpha value is -2.92. The van der Waals surface area contributed by atoms with Crippen LogP contribution in [0.25, 0.3) is 10.9 Å². The summed E-state index contributed by atoms with van der Waals surface area (Å²) in [5, 5.41) is 7.31. The molecule has 2 fully saturated rings. The highest BCUT2D eigenvalue weighted by Gasteiger charge is 2.27. The smallest absolute Gasteiger partial charge is 0.247 e. The molecule has 37 heavy (non-hydrogen) atoms. The van der Waals surface area contributed by atoms with Gasteiger partial charge in [0.1, 0.15) is 6.04 Å². The summed E-state index contributed by atoms with van der Waals surface area (Å²) >= 11 is 0. The van der Waals surface area contributed by atoms with Crippen molar-refractivity contribution < 1.29 is 17.9 Å². The van der Waals surface area contributed by atoms with Crippen LogP contribution in [0.4, 0.5) is 11.4 Å². The van der Waals surface area contributed by atoms with Crippen molar-refractivity contribution in [1.82, 2.24) is 14.2 Å². The zero-order valence-corrected chi connectivity index (χ0v) is 22.5. The van der Waals surface area contributed by atoms with Crippen LogP contribution in [0, 0.1) is 13.8 Å². The molecule has 2 saturated heterocycles. The topological polar surface area (TPSA) is 95.9 Å². The highest BCUT2D eigenvalue weighted by Crippen LogP contribution is 2.30. The van der Waals surface area contributed by atoms with E-state index in [0.29, 0.717) is 26.3 Å². The van der Waals surface area contributed by atoms with Crippen LogP contribution < -0.4 is 15.5 Å². The number of sulfonamides is 1. The average Bonchev–Trinajstić information content (AvgIpc) is 3.26. The normalized spacial score (nSPS) is 18.2. The Balaban J connectivity index is 1.38. The summed E-state index contributed by atoms with van der Waals surface area (Å²) in [7, 11) is -3.60. The monoisotopic (exact) mass is 525 g/mol. The van der Waals surface area contributed by atoms with E-state index in [1.54, 1.807) is 18.2 Å². The number of nitrogens with zero attached hydrogens (tertiary/aromatic N) is 3. The number of rotatable bonds is 6. The number of aryl methyl sites for hydroxylation is 2. The fraction of sp³-hybridized carbons (Fsp3) is 0.444. The Morgan fingerprint density at radius 2 is 1.73 bits per heavy atom. The number of carbonyl (C=O) groups is 1. The van der Waals surface area contributed by atoms with Gasteiger partial charge in [-0.25, -0.2) is 8.42 Å². The highest BCUT2D eigenvalue weighted by molar-refractivity contribution is 7.89. The maximum absolute atomic E-state index is 13.4. The van der Waals surface area contributed by atoms with Crippen LogP contribution >= 0.6 is 0 Å². The summed E-state index contributed by atoms with van der Waals surface area (Å²) in [5.74, 6) is -0.123. The molecule has 1 aromatic heterocycles. The molecule has 1 atom stereocenters. The SMILES string of the molecule is Cc1ccc(N2CCNCC2)cc1NC(=O)C(C)n1cc(C)c2cc(S(=O)(=O)N3CCOCC3)ccc21. The predicted molar refractivity (Wildman–Crippen MR) is 146 cm³/mol. The first-order valence-electron chi connectivity index (χ1n) is 12.8. The first-order valence-corrected chi connectivity index (χ1v) is 14.3. The molecule has 1 amide bonds. The first kappa shape index (κ1) is 25.7. The maximum atomic E-state index is 13.4. The van der Waals surface area contributed by atoms with Crippen molar-refractivity contribution in [2.24, 2.45) is 0 Å². The molecular weight excluding hydrogens is 490 g/mol. The molecule has 0 saturated carbocycles. The van der Waals surface area contributed by atoms with Crippen LogP contribution in [-0.2, 0) is 19.6 Å². The number of anilines is 2. The zero-order valence-electron chi connectivity index (χ0n) is 21.7. The van der Waals surface area contributed by atoms with Crippen LogP contribution in [0.15, 0.2) is 47.5 Å². The molecule has 2 aromatic carbocycles. The lowest BCUT2D eigenvalue weighted by atomic mass is 10.1. The number of morpholine rings is 1. The molecule has 2 aliphatic rings. The lowest BCUT2D eigenvalue weighted by Crippen LogP contribution is -2.43. The van der Waals surface area contributed by atoms with Gasteiger partial charge in [-0.2, -0.15) is 4.31 Å². The van der Waals surface area contributed by atoms with Gasteiger partial charge in [0.15, 0.2) is 0 Å². The number of nitrogens with one attached hydrogen (secondary N) is 2. The van der Waals surface area contributed by atoms with Gasteiger partial charge in [-0.05, 0) is 62.2 Å². The number of benzene rings is 2. The maximum Gasteiger partial charge on any atom is 0.247 e. The summed E-state index contributed by atoms with van der Waals surface area (Å²) in [4.78, 5) is 16.0. The van der Waals surface area contributed by atoms with E-state index in [1.165, 1.54) is 4.31 Å². The van der Waals surface area contributed by atoms with Crippen LogP contribution in [0.3, 0.4) is 0 Å². The molecule has 3 heterocycles. The predicted octanol–water partition coefficient (Wildman–Crippen LogP) is 2.89. The third kappa shape index (κ3) is 5.11. The van der Waals surface area contributed by atoms with Crippen LogP contribution in [-0.4, -0.2) is 75.7 Å². The second-order valence-electron chi connectivity index (χ2n) is 9.82. The fourth-order valence-corrected chi connectivity index (χ4v) is 6.48. The van der Waals surface area contributed by atoms with E-state index in [4.69, 9.17) is 4.74 Å². The van der Waals surface area contributed by atoms with Gasteiger partial charge in [-0.1, -0.05) is 6.07 Å². The van der Waals surface area contributed by atoms with Gasteiger partial charge in [0.05, 0.1) is 18.1 Å². The summed E-state index contributed by atoms with van der Waals surface area (Å²) < 4.78 is 35.0. The molecular formula is C27H35N5O4S. The molecule has 3 aromatic rings. The van der Waals surface area contributed by atoms with Crippen molar-refractivity contribution in [2.45, 2.75) is 31.7 Å². The van der Waals surface area contributed by atoms with Crippen LogP contribution in [0.1, 0.15) is 24.1 Å². The van der Waals surface area contributed by atoms with Gasteiger partial charge in [0.2, 0.25) is 15.9 Å². The molecule has 1 unspecified atom stereocenters. The molecule has 9 nitrogen and oxygen atoms in total.